The maximum atomic E-state index is 5.95. The highest BCUT2D eigenvalue weighted by atomic mass is 79.9. The van der Waals surface area contributed by atoms with Crippen LogP contribution in [-0.2, 0) is 0 Å². The molecule has 2 aromatic heterocycles. The first kappa shape index (κ1) is 14.2. The Labute approximate surface area is 137 Å². The summed E-state index contributed by atoms with van der Waals surface area (Å²) >= 11 is 15.2. The summed E-state index contributed by atoms with van der Waals surface area (Å²) in [6.07, 6.45) is 2.84. The molecule has 0 aliphatic carbocycles. The normalized spacial score (nSPS) is 10.6. The predicted molar refractivity (Wildman–Crippen MR) is 82.2 cm³/mol. The largest absolute Gasteiger partial charge is 0.324 e. The molecule has 0 fully saturated rings. The molecule has 0 saturated heterocycles. The number of aromatic nitrogens is 6. The molecule has 106 valence electrons. The Kier molecular flexibility index (Phi) is 4.00. The van der Waals surface area contributed by atoms with Crippen LogP contribution in [0.2, 0.25) is 10.3 Å². The summed E-state index contributed by atoms with van der Waals surface area (Å²) in [4.78, 5) is 16.0. The Hall–Kier alpha value is -1.77. The van der Waals surface area contributed by atoms with Crippen LogP contribution < -0.4 is 5.32 Å². The summed E-state index contributed by atoms with van der Waals surface area (Å²) in [6.45, 7) is 0. The van der Waals surface area contributed by atoms with Gasteiger partial charge in [0.1, 0.15) is 12.7 Å². The molecule has 3 rings (SSSR count). The third-order valence-electron chi connectivity index (χ3n) is 2.40. The minimum atomic E-state index is 0.0472. The van der Waals surface area contributed by atoms with Crippen molar-refractivity contribution in [2.45, 2.75) is 0 Å². The van der Waals surface area contributed by atoms with Crippen LogP contribution in [-0.4, -0.2) is 29.7 Å². The van der Waals surface area contributed by atoms with Gasteiger partial charge in [-0.1, -0.05) is 11.6 Å². The van der Waals surface area contributed by atoms with Gasteiger partial charge in [0.05, 0.1) is 5.02 Å². The number of benzene rings is 1. The van der Waals surface area contributed by atoms with Crippen LogP contribution in [0, 0.1) is 0 Å². The fourth-order valence-electron chi connectivity index (χ4n) is 1.51. The van der Waals surface area contributed by atoms with E-state index in [1.54, 1.807) is 18.2 Å². The summed E-state index contributed by atoms with van der Waals surface area (Å²) in [6, 6.07) is 5.34. The smallest absolute Gasteiger partial charge is 0.258 e. The van der Waals surface area contributed by atoms with Gasteiger partial charge in [0.15, 0.2) is 0 Å². The monoisotopic (exact) mass is 385 g/mol. The van der Waals surface area contributed by atoms with Crippen molar-refractivity contribution in [3.05, 3.63) is 45.6 Å². The van der Waals surface area contributed by atoms with E-state index in [1.165, 1.54) is 17.3 Å². The van der Waals surface area contributed by atoms with E-state index < -0.39 is 0 Å². The third kappa shape index (κ3) is 3.29. The van der Waals surface area contributed by atoms with Crippen molar-refractivity contribution in [3.63, 3.8) is 0 Å². The fraction of sp³-hybridized carbons (Fsp3) is 0. The Bertz CT molecular complexity index is 778. The minimum absolute atomic E-state index is 0.0472. The Morgan fingerprint density at radius 1 is 1.14 bits per heavy atom. The Balaban J connectivity index is 1.93. The molecule has 3 aromatic rings. The molecule has 0 unspecified atom stereocenters. The quantitative estimate of drug-likeness (QED) is 0.743. The van der Waals surface area contributed by atoms with Gasteiger partial charge in [-0.05, 0) is 45.7 Å². The minimum Gasteiger partial charge on any atom is -0.324 e. The van der Waals surface area contributed by atoms with Gasteiger partial charge in [0, 0.05) is 10.2 Å². The third-order valence-corrected chi connectivity index (χ3v) is 3.78. The number of nitrogens with one attached hydrogen (secondary N) is 1. The standard InChI is InChI=1S/C11H6BrCl2N7/c12-7-3-6(1-2-8(7)13)17-10-18-9(14)19-11(20-10)21-5-15-4-16-21/h1-5H,(H,17,18,19,20). The molecular weight excluding hydrogens is 381 g/mol. The lowest BCUT2D eigenvalue weighted by atomic mass is 10.3. The van der Waals surface area contributed by atoms with Crippen LogP contribution in [0.5, 0.6) is 0 Å². The van der Waals surface area contributed by atoms with Crippen LogP contribution in [0.15, 0.2) is 35.3 Å². The first-order chi connectivity index (χ1) is 10.1. The number of hydrogen-bond donors (Lipinski definition) is 1. The van der Waals surface area contributed by atoms with Crippen LogP contribution in [0.25, 0.3) is 5.95 Å². The second-order valence-electron chi connectivity index (χ2n) is 3.82. The lowest BCUT2D eigenvalue weighted by molar-refractivity contribution is 0.796. The van der Waals surface area contributed by atoms with Crippen molar-refractivity contribution in [2.75, 3.05) is 5.32 Å². The molecule has 7 nitrogen and oxygen atoms in total. The predicted octanol–water partition coefficient (Wildman–Crippen LogP) is 3.27. The van der Waals surface area contributed by atoms with Crippen LogP contribution >= 0.6 is 39.1 Å². The number of anilines is 2. The van der Waals surface area contributed by atoms with Gasteiger partial charge < -0.3 is 5.32 Å². The second kappa shape index (κ2) is 5.92. The summed E-state index contributed by atoms with van der Waals surface area (Å²) in [5.74, 6) is 0.553. The summed E-state index contributed by atoms with van der Waals surface area (Å²) in [5, 5.41) is 7.62. The molecule has 0 bridgehead atoms. The molecule has 0 aliphatic heterocycles. The van der Waals surface area contributed by atoms with E-state index in [0.29, 0.717) is 5.02 Å². The highest BCUT2D eigenvalue weighted by Gasteiger charge is 2.08. The zero-order valence-corrected chi connectivity index (χ0v) is 13.3. The molecule has 0 spiro atoms. The fourth-order valence-corrected chi connectivity index (χ4v) is 2.16. The molecule has 0 atom stereocenters. The van der Waals surface area contributed by atoms with Crippen LogP contribution in [0.4, 0.5) is 11.6 Å². The molecule has 2 heterocycles. The lowest BCUT2D eigenvalue weighted by Crippen LogP contribution is -2.07. The molecule has 0 aliphatic rings. The SMILES string of the molecule is Clc1nc(Nc2ccc(Cl)c(Br)c2)nc(-n2cncn2)n1. The van der Waals surface area contributed by atoms with Crippen molar-refractivity contribution in [3.8, 4) is 5.95 Å². The number of halogens is 3. The van der Waals surface area contributed by atoms with Crippen molar-refractivity contribution in [1.29, 1.82) is 0 Å². The molecule has 21 heavy (non-hydrogen) atoms. The van der Waals surface area contributed by atoms with E-state index in [0.717, 1.165) is 10.2 Å². The van der Waals surface area contributed by atoms with Crippen molar-refractivity contribution >= 4 is 50.8 Å². The average Bonchev–Trinajstić information content (AvgIpc) is 2.96. The lowest BCUT2D eigenvalue weighted by Gasteiger charge is -2.07. The summed E-state index contributed by atoms with van der Waals surface area (Å²) < 4.78 is 2.14. The average molecular weight is 387 g/mol. The first-order valence-corrected chi connectivity index (χ1v) is 7.15. The first-order valence-electron chi connectivity index (χ1n) is 5.60. The molecule has 0 saturated carbocycles. The van der Waals surface area contributed by atoms with Crippen molar-refractivity contribution < 1.29 is 0 Å². The van der Waals surface area contributed by atoms with Gasteiger partial charge in [0.2, 0.25) is 11.2 Å². The molecular formula is C11H6BrCl2N7. The van der Waals surface area contributed by atoms with E-state index >= 15 is 0 Å². The van der Waals surface area contributed by atoms with E-state index in [2.05, 4.69) is 46.3 Å². The van der Waals surface area contributed by atoms with E-state index in [4.69, 9.17) is 23.2 Å². The molecule has 1 aromatic carbocycles. The zero-order valence-electron chi connectivity index (χ0n) is 10.2. The van der Waals surface area contributed by atoms with Crippen molar-refractivity contribution in [2.24, 2.45) is 0 Å². The molecule has 0 radical (unpaired) electrons. The van der Waals surface area contributed by atoms with Gasteiger partial charge in [-0.25, -0.2) is 4.98 Å². The van der Waals surface area contributed by atoms with E-state index in [-0.39, 0.29) is 17.2 Å². The number of nitrogens with zero attached hydrogens (tertiary/aromatic N) is 6. The van der Waals surface area contributed by atoms with Gasteiger partial charge in [-0.3, -0.25) is 0 Å². The molecule has 0 amide bonds. The second-order valence-corrected chi connectivity index (χ2v) is 5.42. The maximum Gasteiger partial charge on any atom is 0.258 e. The maximum absolute atomic E-state index is 5.95. The molecule has 1 N–H and O–H groups in total. The van der Waals surface area contributed by atoms with Gasteiger partial charge in [-0.15, -0.1) is 0 Å². The number of hydrogen-bond acceptors (Lipinski definition) is 6. The summed E-state index contributed by atoms with van der Waals surface area (Å²) in [7, 11) is 0. The highest BCUT2D eigenvalue weighted by Crippen LogP contribution is 2.26. The highest BCUT2D eigenvalue weighted by molar-refractivity contribution is 9.10. The van der Waals surface area contributed by atoms with Gasteiger partial charge >= 0.3 is 0 Å². The van der Waals surface area contributed by atoms with Crippen molar-refractivity contribution in [1.82, 2.24) is 29.7 Å². The number of rotatable bonds is 3. The zero-order chi connectivity index (χ0) is 14.8. The van der Waals surface area contributed by atoms with E-state index in [1.807, 2.05) is 0 Å². The van der Waals surface area contributed by atoms with Gasteiger partial charge in [-0.2, -0.15) is 24.7 Å². The van der Waals surface area contributed by atoms with E-state index in [9.17, 15) is 0 Å². The van der Waals surface area contributed by atoms with Gasteiger partial charge in [0.25, 0.3) is 5.95 Å². The van der Waals surface area contributed by atoms with Crippen LogP contribution in [0.3, 0.4) is 0 Å². The Morgan fingerprint density at radius 2 is 2.00 bits per heavy atom. The molecule has 10 heteroatoms. The van der Waals surface area contributed by atoms with Crippen LogP contribution in [0.1, 0.15) is 0 Å². The topological polar surface area (TPSA) is 81.4 Å². The summed E-state index contributed by atoms with van der Waals surface area (Å²) in [5.41, 5.74) is 0.748. The Morgan fingerprint density at radius 3 is 2.71 bits per heavy atom.